The largest absolute Gasteiger partial charge is 0.0654 e. The molecule has 0 heterocycles. The summed E-state index contributed by atoms with van der Waals surface area (Å²) in [7, 11) is 1.27. The molecule has 2 radical (unpaired) electrons. The molecule has 0 spiro atoms. The lowest BCUT2D eigenvalue weighted by molar-refractivity contribution is 0.607. The van der Waals surface area contributed by atoms with Crippen molar-refractivity contribution < 1.29 is 0 Å². The van der Waals surface area contributed by atoms with Gasteiger partial charge in [0.25, 0.3) is 0 Å². The molecule has 64 valence electrons. The lowest BCUT2D eigenvalue weighted by atomic mass is 10.1. The van der Waals surface area contributed by atoms with Gasteiger partial charge in [-0.3, -0.25) is 0 Å². The third-order valence-electron chi connectivity index (χ3n) is 2.61. The van der Waals surface area contributed by atoms with Gasteiger partial charge in [-0.05, 0) is 5.92 Å². The summed E-state index contributed by atoms with van der Waals surface area (Å²) < 4.78 is 0. The molecule has 0 nitrogen and oxygen atoms in total. The quantitative estimate of drug-likeness (QED) is 0.435. The van der Waals surface area contributed by atoms with E-state index in [1.807, 2.05) is 0 Å². The van der Waals surface area contributed by atoms with Crippen LogP contribution in [-0.2, 0) is 0 Å². The Morgan fingerprint density at radius 1 is 1.27 bits per heavy atom. The highest BCUT2D eigenvalue weighted by molar-refractivity contribution is 6.35. The van der Waals surface area contributed by atoms with Gasteiger partial charge < -0.3 is 0 Å². The molecule has 1 aliphatic rings. The first-order valence-corrected chi connectivity index (χ1v) is 6.55. The number of rotatable bonds is 5. The first-order valence-electron chi connectivity index (χ1n) is 5.14. The van der Waals surface area contributed by atoms with E-state index in [9.17, 15) is 0 Å². The maximum Gasteiger partial charge on any atom is 0.0380 e. The highest BCUT2D eigenvalue weighted by Crippen LogP contribution is 2.27. The summed E-state index contributed by atoms with van der Waals surface area (Å²) in [5.74, 6) is 1.13. The molecule has 0 aromatic heterocycles. The molecule has 0 bridgehead atoms. The van der Waals surface area contributed by atoms with Crippen molar-refractivity contribution in [3.8, 4) is 0 Å². The number of hydrogen-bond acceptors (Lipinski definition) is 0. The van der Waals surface area contributed by atoms with Crippen LogP contribution in [0.2, 0.25) is 12.1 Å². The molecule has 1 heteroatoms. The van der Waals surface area contributed by atoms with Gasteiger partial charge in [0.15, 0.2) is 0 Å². The van der Waals surface area contributed by atoms with Gasteiger partial charge in [0.1, 0.15) is 0 Å². The van der Waals surface area contributed by atoms with Gasteiger partial charge in [-0.25, -0.2) is 0 Å². The monoisotopic (exact) mass is 168 g/mol. The Balaban J connectivity index is 1.86. The van der Waals surface area contributed by atoms with E-state index in [-0.39, 0.29) is 0 Å². The molecule has 0 unspecified atom stereocenters. The van der Waals surface area contributed by atoms with Crippen molar-refractivity contribution in [1.29, 1.82) is 0 Å². The summed E-state index contributed by atoms with van der Waals surface area (Å²) in [6.07, 6.45) is 8.97. The lowest BCUT2D eigenvalue weighted by Crippen LogP contribution is -1.98. The van der Waals surface area contributed by atoms with E-state index < -0.39 is 0 Å². The zero-order chi connectivity index (χ0) is 7.94. The van der Waals surface area contributed by atoms with Crippen molar-refractivity contribution in [1.82, 2.24) is 0 Å². The van der Waals surface area contributed by atoms with Gasteiger partial charge >= 0.3 is 0 Å². The fraction of sp³-hybridized carbons (Fsp3) is 1.00. The van der Waals surface area contributed by atoms with Crippen molar-refractivity contribution >= 4 is 9.52 Å². The number of hydrogen-bond donors (Lipinski definition) is 0. The van der Waals surface area contributed by atoms with E-state index in [0.29, 0.717) is 0 Å². The fourth-order valence-corrected chi connectivity index (χ4v) is 3.45. The molecule has 0 N–H and O–H groups in total. The third kappa shape index (κ3) is 3.95. The van der Waals surface area contributed by atoms with Gasteiger partial charge in [-0.1, -0.05) is 57.5 Å². The van der Waals surface area contributed by atoms with Crippen LogP contribution in [0.4, 0.5) is 0 Å². The van der Waals surface area contributed by atoms with Crippen LogP contribution >= 0.6 is 0 Å². The minimum Gasteiger partial charge on any atom is -0.0654 e. The van der Waals surface area contributed by atoms with Crippen LogP contribution in [0.15, 0.2) is 0 Å². The van der Waals surface area contributed by atoms with Crippen LogP contribution in [-0.4, -0.2) is 9.52 Å². The maximum absolute atomic E-state index is 2.29. The second-order valence-electron chi connectivity index (χ2n) is 3.71. The van der Waals surface area contributed by atoms with E-state index in [1.54, 1.807) is 18.9 Å². The molecule has 1 fully saturated rings. The Kier molecular flexibility index (Phi) is 4.92. The Morgan fingerprint density at radius 2 is 2.00 bits per heavy atom. The standard InChI is InChI=1S/C10H20Si/c1-2-3-8-11-9-10-6-4-5-7-10/h10H,2-9H2,1H3. The van der Waals surface area contributed by atoms with Crippen LogP contribution in [0.5, 0.6) is 0 Å². The highest BCUT2D eigenvalue weighted by Gasteiger charge is 2.13. The summed E-state index contributed by atoms with van der Waals surface area (Å²) in [4.78, 5) is 0. The van der Waals surface area contributed by atoms with Gasteiger partial charge in [0, 0.05) is 9.52 Å². The third-order valence-corrected chi connectivity index (χ3v) is 4.19. The van der Waals surface area contributed by atoms with Crippen LogP contribution < -0.4 is 0 Å². The van der Waals surface area contributed by atoms with Crippen LogP contribution in [0.25, 0.3) is 0 Å². The topological polar surface area (TPSA) is 0 Å². The molecule has 0 aromatic carbocycles. The molecular weight excluding hydrogens is 148 g/mol. The first-order chi connectivity index (χ1) is 5.43. The normalized spacial score (nSPS) is 19.4. The van der Waals surface area contributed by atoms with Gasteiger partial charge in [0.05, 0.1) is 0 Å². The Bertz CT molecular complexity index is 84.9. The summed E-state index contributed by atoms with van der Waals surface area (Å²) in [6, 6.07) is 3.06. The van der Waals surface area contributed by atoms with Crippen molar-refractivity contribution in [2.24, 2.45) is 5.92 Å². The molecule has 0 saturated heterocycles. The van der Waals surface area contributed by atoms with E-state index in [2.05, 4.69) is 6.92 Å². The van der Waals surface area contributed by atoms with E-state index in [0.717, 1.165) is 5.92 Å². The van der Waals surface area contributed by atoms with Crippen molar-refractivity contribution in [3.63, 3.8) is 0 Å². The second-order valence-corrected chi connectivity index (χ2v) is 5.12. The fourth-order valence-electron chi connectivity index (χ4n) is 1.82. The maximum atomic E-state index is 2.29. The number of unbranched alkanes of at least 4 members (excludes halogenated alkanes) is 1. The summed E-state index contributed by atoms with van der Waals surface area (Å²) in [5, 5.41) is 0. The van der Waals surface area contributed by atoms with Crippen LogP contribution in [0.1, 0.15) is 45.4 Å². The van der Waals surface area contributed by atoms with Crippen molar-refractivity contribution in [3.05, 3.63) is 0 Å². The lowest BCUT2D eigenvalue weighted by Gasteiger charge is -2.06. The van der Waals surface area contributed by atoms with Gasteiger partial charge in [0.2, 0.25) is 0 Å². The van der Waals surface area contributed by atoms with Crippen LogP contribution in [0.3, 0.4) is 0 Å². The van der Waals surface area contributed by atoms with Crippen molar-refractivity contribution in [2.75, 3.05) is 0 Å². The Labute approximate surface area is 73.6 Å². The summed E-state index contributed by atoms with van der Waals surface area (Å²) in [5.41, 5.74) is 0. The second kappa shape index (κ2) is 5.82. The van der Waals surface area contributed by atoms with E-state index in [4.69, 9.17) is 0 Å². The SMILES string of the molecule is CCCC[Si]CC1CCCC1. The minimum atomic E-state index is 1.13. The zero-order valence-electron chi connectivity index (χ0n) is 7.73. The zero-order valence-corrected chi connectivity index (χ0v) is 8.73. The van der Waals surface area contributed by atoms with Gasteiger partial charge in [-0.2, -0.15) is 0 Å². The Morgan fingerprint density at radius 3 is 2.64 bits per heavy atom. The predicted octanol–water partition coefficient (Wildman–Crippen LogP) is 3.52. The molecule has 0 atom stereocenters. The average Bonchev–Trinajstić information content (AvgIpc) is 2.50. The molecule has 1 aliphatic carbocycles. The first kappa shape index (κ1) is 9.31. The summed E-state index contributed by atoms with van der Waals surface area (Å²) in [6.45, 7) is 2.29. The molecule has 1 saturated carbocycles. The summed E-state index contributed by atoms with van der Waals surface area (Å²) >= 11 is 0. The molecule has 0 amide bonds. The Hall–Kier alpha value is 0.217. The molecule has 0 aromatic rings. The predicted molar refractivity (Wildman–Crippen MR) is 52.2 cm³/mol. The molecule has 1 rings (SSSR count). The highest BCUT2D eigenvalue weighted by atomic mass is 28.2. The smallest absolute Gasteiger partial charge is 0.0380 e. The molecule has 0 aliphatic heterocycles. The van der Waals surface area contributed by atoms with Gasteiger partial charge in [-0.15, -0.1) is 0 Å². The average molecular weight is 168 g/mol. The van der Waals surface area contributed by atoms with Crippen LogP contribution in [0, 0.1) is 5.92 Å². The van der Waals surface area contributed by atoms with E-state index >= 15 is 0 Å². The molecular formula is C10H20Si. The molecule has 11 heavy (non-hydrogen) atoms. The van der Waals surface area contributed by atoms with E-state index in [1.165, 1.54) is 41.2 Å². The van der Waals surface area contributed by atoms with Crippen molar-refractivity contribution in [2.45, 2.75) is 57.5 Å². The minimum absolute atomic E-state index is 1.13.